The fourth-order valence-corrected chi connectivity index (χ4v) is 3.72. The lowest BCUT2D eigenvalue weighted by molar-refractivity contribution is 0.273. The number of amidine groups is 1. The molecule has 0 heterocycles. The highest BCUT2D eigenvalue weighted by atomic mass is 15.1. The number of hydrogen-bond donors (Lipinski definition) is 1. The van der Waals surface area contributed by atoms with Crippen molar-refractivity contribution in [2.45, 2.75) is 38.5 Å². The third-order valence-corrected chi connectivity index (χ3v) is 4.77. The van der Waals surface area contributed by atoms with E-state index < -0.39 is 0 Å². The van der Waals surface area contributed by atoms with Crippen molar-refractivity contribution in [3.8, 4) is 0 Å². The summed E-state index contributed by atoms with van der Waals surface area (Å²) in [7, 11) is 2.13. The lowest BCUT2D eigenvalue weighted by Crippen LogP contribution is -2.34. The van der Waals surface area contributed by atoms with Gasteiger partial charge >= 0.3 is 0 Å². The minimum absolute atomic E-state index is 0.619. The van der Waals surface area contributed by atoms with Crippen LogP contribution in [0.5, 0.6) is 0 Å². The molecule has 2 nitrogen and oxygen atoms in total. The van der Waals surface area contributed by atoms with Gasteiger partial charge in [-0.3, -0.25) is 5.41 Å². The predicted octanol–water partition coefficient (Wildman–Crippen LogP) is 2.74. The molecule has 0 amide bonds. The molecule has 3 rings (SSSR count). The Hall–Kier alpha value is -0.530. The van der Waals surface area contributed by atoms with E-state index >= 15 is 0 Å². The van der Waals surface area contributed by atoms with Gasteiger partial charge < -0.3 is 4.90 Å². The van der Waals surface area contributed by atoms with E-state index in [0.717, 1.165) is 30.1 Å². The second-order valence-electron chi connectivity index (χ2n) is 5.97. The Bertz CT molecular complexity index is 270. The van der Waals surface area contributed by atoms with Crippen molar-refractivity contribution in [2.75, 3.05) is 13.6 Å². The van der Waals surface area contributed by atoms with Crippen molar-refractivity contribution in [3.05, 3.63) is 0 Å². The molecule has 0 aliphatic heterocycles. The molecule has 3 aliphatic rings. The summed E-state index contributed by atoms with van der Waals surface area (Å²) in [6.45, 7) is 1.16. The maximum absolute atomic E-state index is 8.04. The molecule has 3 unspecified atom stereocenters. The van der Waals surface area contributed by atoms with Crippen LogP contribution < -0.4 is 0 Å². The van der Waals surface area contributed by atoms with E-state index in [1.54, 1.807) is 0 Å². The zero-order chi connectivity index (χ0) is 10.4. The summed E-state index contributed by atoms with van der Waals surface area (Å²) < 4.78 is 0. The maximum atomic E-state index is 8.04. The molecular formula is C13H22N2. The molecule has 15 heavy (non-hydrogen) atoms. The lowest BCUT2D eigenvalue weighted by Gasteiger charge is -2.28. The normalized spacial score (nSPS) is 38.3. The number of rotatable bonds is 3. The van der Waals surface area contributed by atoms with Crippen LogP contribution in [-0.4, -0.2) is 24.3 Å². The molecule has 0 aromatic heterocycles. The second kappa shape index (κ2) is 3.50. The molecule has 2 heteroatoms. The van der Waals surface area contributed by atoms with Gasteiger partial charge in [-0.2, -0.15) is 0 Å². The van der Waals surface area contributed by atoms with E-state index in [1.165, 1.54) is 38.5 Å². The molecule has 0 radical (unpaired) electrons. The van der Waals surface area contributed by atoms with Gasteiger partial charge in [-0.15, -0.1) is 0 Å². The van der Waals surface area contributed by atoms with E-state index in [-0.39, 0.29) is 0 Å². The van der Waals surface area contributed by atoms with Crippen LogP contribution in [0, 0.1) is 29.1 Å². The van der Waals surface area contributed by atoms with Crippen LogP contribution >= 0.6 is 0 Å². The number of fused-ring (bicyclic) bond motifs is 2. The standard InChI is InChI=1S/C13H22N2/c1-15(13(14)10-4-5-10)8-12-7-9-2-3-11(12)6-9/h9-12,14H,2-8H2,1H3. The average Bonchev–Trinajstić information content (AvgIpc) is 2.88. The van der Waals surface area contributed by atoms with Gasteiger partial charge in [0.1, 0.15) is 0 Å². The summed E-state index contributed by atoms with van der Waals surface area (Å²) in [5.74, 6) is 4.49. The molecule has 3 fully saturated rings. The fourth-order valence-electron chi connectivity index (χ4n) is 3.72. The van der Waals surface area contributed by atoms with Crippen molar-refractivity contribution < 1.29 is 0 Å². The molecule has 3 saturated carbocycles. The summed E-state index contributed by atoms with van der Waals surface area (Å²) in [5.41, 5.74) is 0. The number of nitrogens with one attached hydrogen (secondary N) is 1. The SMILES string of the molecule is CN(CC1CC2CCC1C2)C(=N)C1CC1. The molecule has 1 N–H and O–H groups in total. The van der Waals surface area contributed by atoms with Crippen LogP contribution in [0.15, 0.2) is 0 Å². The average molecular weight is 206 g/mol. The molecule has 0 saturated heterocycles. The minimum Gasteiger partial charge on any atom is -0.363 e. The third kappa shape index (κ3) is 1.79. The molecule has 0 spiro atoms. The molecule has 3 atom stereocenters. The highest BCUT2D eigenvalue weighted by molar-refractivity contribution is 5.83. The first-order valence-corrected chi connectivity index (χ1v) is 6.53. The Balaban J connectivity index is 1.54. The highest BCUT2D eigenvalue weighted by Gasteiger charge is 2.40. The van der Waals surface area contributed by atoms with Crippen LogP contribution in [-0.2, 0) is 0 Å². The van der Waals surface area contributed by atoms with Gasteiger partial charge in [0.2, 0.25) is 0 Å². The first-order chi connectivity index (χ1) is 7.24. The van der Waals surface area contributed by atoms with Gasteiger partial charge in [-0.1, -0.05) is 6.42 Å². The topological polar surface area (TPSA) is 27.1 Å². The van der Waals surface area contributed by atoms with Crippen molar-refractivity contribution in [1.82, 2.24) is 4.90 Å². The van der Waals surface area contributed by atoms with Gasteiger partial charge in [0.25, 0.3) is 0 Å². The first kappa shape index (κ1) is 9.68. The summed E-state index contributed by atoms with van der Waals surface area (Å²) in [5, 5.41) is 8.04. The van der Waals surface area contributed by atoms with Crippen LogP contribution in [0.2, 0.25) is 0 Å². The van der Waals surface area contributed by atoms with Crippen molar-refractivity contribution in [2.24, 2.45) is 23.7 Å². The Labute approximate surface area is 92.5 Å². The zero-order valence-electron chi connectivity index (χ0n) is 9.71. The monoisotopic (exact) mass is 206 g/mol. The van der Waals surface area contributed by atoms with Gasteiger partial charge in [-0.05, 0) is 49.9 Å². The van der Waals surface area contributed by atoms with Crippen LogP contribution in [0.4, 0.5) is 0 Å². The summed E-state index contributed by atoms with van der Waals surface area (Å²) in [6, 6.07) is 0. The fraction of sp³-hybridized carbons (Fsp3) is 0.923. The van der Waals surface area contributed by atoms with Crippen molar-refractivity contribution in [1.29, 1.82) is 5.41 Å². The van der Waals surface area contributed by atoms with Gasteiger partial charge in [0, 0.05) is 19.5 Å². The summed E-state index contributed by atoms with van der Waals surface area (Å²) in [4.78, 5) is 2.24. The lowest BCUT2D eigenvalue weighted by atomic mass is 9.88. The Kier molecular flexibility index (Phi) is 2.26. The van der Waals surface area contributed by atoms with E-state index in [1.807, 2.05) is 0 Å². The molecular weight excluding hydrogens is 184 g/mol. The highest BCUT2D eigenvalue weighted by Crippen LogP contribution is 2.48. The zero-order valence-corrected chi connectivity index (χ0v) is 9.71. The van der Waals surface area contributed by atoms with E-state index in [0.29, 0.717) is 5.92 Å². The molecule has 0 aromatic rings. The number of nitrogens with zero attached hydrogens (tertiary/aromatic N) is 1. The molecule has 3 aliphatic carbocycles. The molecule has 0 aromatic carbocycles. The van der Waals surface area contributed by atoms with Crippen molar-refractivity contribution >= 4 is 5.84 Å². The van der Waals surface area contributed by atoms with Crippen LogP contribution in [0.25, 0.3) is 0 Å². The van der Waals surface area contributed by atoms with Crippen LogP contribution in [0.3, 0.4) is 0 Å². The van der Waals surface area contributed by atoms with Gasteiger partial charge in [0.05, 0.1) is 5.84 Å². The second-order valence-corrected chi connectivity index (χ2v) is 5.97. The van der Waals surface area contributed by atoms with E-state index in [4.69, 9.17) is 5.41 Å². The van der Waals surface area contributed by atoms with Crippen LogP contribution in [0.1, 0.15) is 38.5 Å². The Morgan fingerprint density at radius 3 is 2.53 bits per heavy atom. The maximum Gasteiger partial charge on any atom is 0.0986 e. The smallest absolute Gasteiger partial charge is 0.0986 e. The Morgan fingerprint density at radius 1 is 1.20 bits per heavy atom. The Morgan fingerprint density at radius 2 is 2.00 bits per heavy atom. The third-order valence-electron chi connectivity index (χ3n) is 4.77. The minimum atomic E-state index is 0.619. The summed E-state index contributed by atoms with van der Waals surface area (Å²) in [6.07, 6.45) is 8.44. The van der Waals surface area contributed by atoms with E-state index in [9.17, 15) is 0 Å². The number of hydrogen-bond acceptors (Lipinski definition) is 1. The quantitative estimate of drug-likeness (QED) is 0.558. The van der Waals surface area contributed by atoms with Crippen molar-refractivity contribution in [3.63, 3.8) is 0 Å². The van der Waals surface area contributed by atoms with Gasteiger partial charge in [0.15, 0.2) is 0 Å². The predicted molar refractivity (Wildman–Crippen MR) is 62.0 cm³/mol. The summed E-state index contributed by atoms with van der Waals surface area (Å²) >= 11 is 0. The first-order valence-electron chi connectivity index (χ1n) is 6.53. The molecule has 2 bridgehead atoms. The largest absolute Gasteiger partial charge is 0.363 e. The van der Waals surface area contributed by atoms with E-state index in [2.05, 4.69) is 11.9 Å². The molecule has 84 valence electrons. The van der Waals surface area contributed by atoms with Gasteiger partial charge in [-0.25, -0.2) is 0 Å².